The maximum atomic E-state index is 10.7. The second kappa shape index (κ2) is 3.30. The molecule has 1 fully saturated rings. The van der Waals surface area contributed by atoms with Crippen LogP contribution in [0.4, 0.5) is 0 Å². The lowest BCUT2D eigenvalue weighted by Gasteiger charge is -2.30. The zero-order valence-electron chi connectivity index (χ0n) is 10.3. The molecule has 1 N–H and O–H groups in total. The van der Waals surface area contributed by atoms with Gasteiger partial charge in [0.05, 0.1) is 11.1 Å². The predicted molar refractivity (Wildman–Crippen MR) is 68.7 cm³/mol. The smallest absolute Gasteiger partial charge is 0.0936 e. The molecule has 3 rings (SSSR count). The molecular formula is C15H17NO. The molecular weight excluding hydrogens is 210 g/mol. The molecule has 17 heavy (non-hydrogen) atoms. The first-order valence-corrected chi connectivity index (χ1v) is 6.11. The molecule has 1 heterocycles. The van der Waals surface area contributed by atoms with Gasteiger partial charge in [-0.25, -0.2) is 0 Å². The number of aromatic nitrogens is 1. The van der Waals surface area contributed by atoms with Crippen molar-refractivity contribution in [1.82, 2.24) is 4.98 Å². The van der Waals surface area contributed by atoms with Gasteiger partial charge in [-0.3, -0.25) is 4.98 Å². The molecule has 88 valence electrons. The van der Waals surface area contributed by atoms with E-state index in [1.54, 1.807) is 0 Å². The maximum Gasteiger partial charge on any atom is 0.0936 e. The number of para-hydroxylation sites is 1. The summed E-state index contributed by atoms with van der Waals surface area (Å²) in [5, 5.41) is 11.8. The molecule has 0 aliphatic heterocycles. The molecule has 0 bridgehead atoms. The molecule has 1 atom stereocenters. The molecule has 2 nitrogen and oxygen atoms in total. The van der Waals surface area contributed by atoms with Crippen LogP contribution in [0, 0.1) is 5.41 Å². The lowest BCUT2D eigenvalue weighted by molar-refractivity contribution is -0.0128. The van der Waals surface area contributed by atoms with Crippen molar-refractivity contribution in [1.29, 1.82) is 0 Å². The highest BCUT2D eigenvalue weighted by Crippen LogP contribution is 2.57. The minimum Gasteiger partial charge on any atom is -0.385 e. The molecule has 0 amide bonds. The van der Waals surface area contributed by atoms with Crippen molar-refractivity contribution in [3.63, 3.8) is 0 Å². The maximum absolute atomic E-state index is 10.7. The van der Waals surface area contributed by atoms with E-state index >= 15 is 0 Å². The fourth-order valence-electron chi connectivity index (χ4n) is 2.36. The Morgan fingerprint density at radius 1 is 1.29 bits per heavy atom. The third kappa shape index (κ3) is 1.55. The van der Waals surface area contributed by atoms with Gasteiger partial charge >= 0.3 is 0 Å². The Balaban J connectivity index is 2.12. The van der Waals surface area contributed by atoms with Crippen LogP contribution in [0.3, 0.4) is 0 Å². The molecule has 0 radical (unpaired) electrons. The first kappa shape index (κ1) is 10.7. The van der Waals surface area contributed by atoms with Gasteiger partial charge in [0.25, 0.3) is 0 Å². The monoisotopic (exact) mass is 227 g/mol. The summed E-state index contributed by atoms with van der Waals surface area (Å²) in [6.45, 7) is 4.05. The summed E-state index contributed by atoms with van der Waals surface area (Å²) in [6.07, 6.45) is 3.99. The summed E-state index contributed by atoms with van der Waals surface area (Å²) in [5.41, 5.74) is 1.16. The van der Waals surface area contributed by atoms with E-state index in [0.29, 0.717) is 0 Å². The van der Waals surface area contributed by atoms with Crippen molar-refractivity contribution in [2.75, 3.05) is 0 Å². The number of benzene rings is 1. The van der Waals surface area contributed by atoms with Crippen molar-refractivity contribution < 1.29 is 5.11 Å². The second-order valence-electron chi connectivity index (χ2n) is 5.55. The molecule has 1 aliphatic rings. The molecule has 2 aromatic rings. The molecule has 2 heteroatoms. The largest absolute Gasteiger partial charge is 0.385 e. The fourth-order valence-corrected chi connectivity index (χ4v) is 2.36. The Kier molecular flexibility index (Phi) is 2.08. The van der Waals surface area contributed by atoms with E-state index in [9.17, 15) is 5.11 Å². The summed E-state index contributed by atoms with van der Waals surface area (Å²) in [5.74, 6) is 0. The van der Waals surface area contributed by atoms with Crippen LogP contribution < -0.4 is 0 Å². The van der Waals surface area contributed by atoms with Crippen LogP contribution >= 0.6 is 0 Å². The van der Waals surface area contributed by atoms with Gasteiger partial charge in [0, 0.05) is 22.6 Å². The summed E-state index contributed by atoms with van der Waals surface area (Å²) in [4.78, 5) is 4.43. The average Bonchev–Trinajstić information content (AvgIpc) is 3.08. The van der Waals surface area contributed by atoms with Gasteiger partial charge in [0.15, 0.2) is 0 Å². The Labute approximate surface area is 101 Å². The molecule has 0 saturated heterocycles. The van der Waals surface area contributed by atoms with Crippen molar-refractivity contribution in [3.8, 4) is 0 Å². The standard InChI is InChI=1S/C15H17NO/c1-14(7-8-14)15(2,17)12-9-11-5-3-4-6-13(11)16-10-12/h3-6,9-10,17H,7-8H2,1-2H3. The number of fused-ring (bicyclic) bond motifs is 1. The van der Waals surface area contributed by atoms with Gasteiger partial charge in [-0.2, -0.15) is 0 Å². The molecule has 1 aliphatic carbocycles. The molecule has 1 unspecified atom stereocenters. The van der Waals surface area contributed by atoms with E-state index < -0.39 is 5.60 Å². The van der Waals surface area contributed by atoms with Crippen LogP contribution in [0.5, 0.6) is 0 Å². The number of hydrogen-bond donors (Lipinski definition) is 1. The van der Waals surface area contributed by atoms with Crippen LogP contribution in [-0.4, -0.2) is 10.1 Å². The minimum atomic E-state index is -0.774. The Morgan fingerprint density at radius 3 is 2.71 bits per heavy atom. The van der Waals surface area contributed by atoms with E-state index in [-0.39, 0.29) is 5.41 Å². The second-order valence-corrected chi connectivity index (χ2v) is 5.55. The van der Waals surface area contributed by atoms with Crippen LogP contribution in [0.15, 0.2) is 36.5 Å². The van der Waals surface area contributed by atoms with Crippen molar-refractivity contribution in [2.24, 2.45) is 5.41 Å². The quantitative estimate of drug-likeness (QED) is 0.854. The van der Waals surface area contributed by atoms with E-state index in [2.05, 4.69) is 18.0 Å². The Hall–Kier alpha value is -1.41. The van der Waals surface area contributed by atoms with Crippen molar-refractivity contribution in [3.05, 3.63) is 42.1 Å². The highest BCUT2D eigenvalue weighted by atomic mass is 16.3. The van der Waals surface area contributed by atoms with Gasteiger partial charge in [-0.15, -0.1) is 0 Å². The molecule has 0 spiro atoms. The van der Waals surface area contributed by atoms with Gasteiger partial charge in [-0.05, 0) is 31.9 Å². The fraction of sp³-hybridized carbons (Fsp3) is 0.400. The Morgan fingerprint density at radius 2 is 2.00 bits per heavy atom. The number of nitrogens with zero attached hydrogens (tertiary/aromatic N) is 1. The van der Waals surface area contributed by atoms with Crippen LogP contribution in [0.2, 0.25) is 0 Å². The summed E-state index contributed by atoms with van der Waals surface area (Å²) in [6, 6.07) is 10.1. The van der Waals surface area contributed by atoms with Crippen molar-refractivity contribution in [2.45, 2.75) is 32.3 Å². The van der Waals surface area contributed by atoms with E-state index in [1.165, 1.54) is 0 Å². The summed E-state index contributed by atoms with van der Waals surface area (Å²) < 4.78 is 0. The normalized spacial score (nSPS) is 21.1. The molecule has 1 aromatic carbocycles. The van der Waals surface area contributed by atoms with Gasteiger partial charge in [0.2, 0.25) is 0 Å². The molecule has 1 aromatic heterocycles. The number of pyridine rings is 1. The molecule has 1 saturated carbocycles. The first-order valence-electron chi connectivity index (χ1n) is 6.11. The highest BCUT2D eigenvalue weighted by molar-refractivity contribution is 5.79. The van der Waals surface area contributed by atoms with Crippen LogP contribution in [-0.2, 0) is 5.60 Å². The zero-order valence-corrected chi connectivity index (χ0v) is 10.3. The van der Waals surface area contributed by atoms with Crippen LogP contribution in [0.1, 0.15) is 32.3 Å². The van der Waals surface area contributed by atoms with Gasteiger partial charge in [-0.1, -0.05) is 25.1 Å². The van der Waals surface area contributed by atoms with Crippen molar-refractivity contribution >= 4 is 10.9 Å². The third-order valence-corrected chi connectivity index (χ3v) is 4.33. The average molecular weight is 227 g/mol. The highest BCUT2D eigenvalue weighted by Gasteiger charge is 2.53. The summed E-state index contributed by atoms with van der Waals surface area (Å²) in [7, 11) is 0. The topological polar surface area (TPSA) is 33.1 Å². The van der Waals surface area contributed by atoms with E-state index in [4.69, 9.17) is 0 Å². The first-order chi connectivity index (χ1) is 8.03. The van der Waals surface area contributed by atoms with Crippen LogP contribution in [0.25, 0.3) is 10.9 Å². The SMILES string of the molecule is CC1(C(C)(O)c2cnc3ccccc3c2)CC1. The lowest BCUT2D eigenvalue weighted by atomic mass is 9.82. The lowest BCUT2D eigenvalue weighted by Crippen LogP contribution is -2.31. The van der Waals surface area contributed by atoms with Gasteiger partial charge in [0.1, 0.15) is 0 Å². The summed E-state index contributed by atoms with van der Waals surface area (Å²) >= 11 is 0. The number of rotatable bonds is 2. The third-order valence-electron chi connectivity index (χ3n) is 4.33. The predicted octanol–water partition coefficient (Wildman–Crippen LogP) is 3.24. The number of aliphatic hydroxyl groups is 1. The Bertz CT molecular complexity index is 570. The van der Waals surface area contributed by atoms with E-state index in [1.807, 2.05) is 37.4 Å². The van der Waals surface area contributed by atoms with E-state index in [0.717, 1.165) is 29.3 Å². The zero-order chi connectivity index (χ0) is 12.1. The van der Waals surface area contributed by atoms with Gasteiger partial charge < -0.3 is 5.11 Å². The number of hydrogen-bond acceptors (Lipinski definition) is 2. The minimum absolute atomic E-state index is 0.0249.